The van der Waals surface area contributed by atoms with Crippen molar-refractivity contribution >= 4 is 11.8 Å². The molecule has 1 aromatic rings. The normalized spacial score (nSPS) is 10.6. The Balaban J connectivity index is 2.41. The largest absolute Gasteiger partial charge is 0.118 e. The maximum Gasteiger partial charge on any atom is 0.0326 e. The fourth-order valence-corrected chi connectivity index (χ4v) is 2.09. The summed E-state index contributed by atoms with van der Waals surface area (Å²) in [4.78, 5) is 1.35. The molecule has 65 valence electrons. The maximum absolute atomic E-state index is 2.22. The zero-order valence-electron chi connectivity index (χ0n) is 7.71. The van der Waals surface area contributed by atoms with E-state index in [9.17, 15) is 0 Å². The van der Waals surface area contributed by atoms with E-state index in [1.807, 2.05) is 11.8 Å². The Kier molecular flexibility index (Phi) is 4.23. The molecule has 0 amide bonds. The van der Waals surface area contributed by atoms with Crippen LogP contribution in [0.4, 0.5) is 0 Å². The molecule has 1 heteroatoms. The summed E-state index contributed by atoms with van der Waals surface area (Å²) in [5.74, 6) is 0. The third kappa shape index (κ3) is 3.31. The average molecular weight is 179 g/mol. The van der Waals surface area contributed by atoms with Gasteiger partial charge in [-0.3, -0.25) is 0 Å². The van der Waals surface area contributed by atoms with Gasteiger partial charge < -0.3 is 0 Å². The van der Waals surface area contributed by atoms with Crippen LogP contribution in [0, 0.1) is 5.25 Å². The second-order valence-corrected chi connectivity index (χ2v) is 4.24. The van der Waals surface area contributed by atoms with E-state index in [0.29, 0.717) is 0 Å². The van der Waals surface area contributed by atoms with Gasteiger partial charge in [-0.15, -0.1) is 11.8 Å². The molecular formula is C11H15S. The summed E-state index contributed by atoms with van der Waals surface area (Å²) in [6.45, 7) is 4.43. The molecule has 0 heterocycles. The Labute approximate surface area is 79.4 Å². The molecule has 1 radical (unpaired) electrons. The molecule has 0 unspecified atom stereocenters. The van der Waals surface area contributed by atoms with Crippen molar-refractivity contribution in [2.75, 3.05) is 0 Å². The van der Waals surface area contributed by atoms with Crippen LogP contribution in [-0.2, 0) is 0 Å². The van der Waals surface area contributed by atoms with Gasteiger partial charge in [0, 0.05) is 10.1 Å². The van der Waals surface area contributed by atoms with Crippen LogP contribution in [0.3, 0.4) is 0 Å². The molecule has 1 rings (SSSR count). The fourth-order valence-electron chi connectivity index (χ4n) is 1.09. The van der Waals surface area contributed by atoms with E-state index in [-0.39, 0.29) is 0 Å². The lowest BCUT2D eigenvalue weighted by atomic mass is 10.3. The summed E-state index contributed by atoms with van der Waals surface area (Å²) >= 11 is 1.88. The molecular weight excluding hydrogens is 164 g/mol. The summed E-state index contributed by atoms with van der Waals surface area (Å²) in [5, 5.41) is 1.50. The van der Waals surface area contributed by atoms with Crippen molar-refractivity contribution < 1.29 is 0 Å². The highest BCUT2D eigenvalue weighted by Gasteiger charge is 2.02. The SMILES string of the molecule is CCC[C](C)Sc1ccccc1. The third-order valence-electron chi connectivity index (χ3n) is 1.64. The number of hydrogen-bond donors (Lipinski definition) is 0. The van der Waals surface area contributed by atoms with Crippen molar-refractivity contribution in [2.45, 2.75) is 31.6 Å². The summed E-state index contributed by atoms with van der Waals surface area (Å²) in [7, 11) is 0. The van der Waals surface area contributed by atoms with Crippen LogP contribution in [-0.4, -0.2) is 0 Å². The predicted molar refractivity (Wildman–Crippen MR) is 56.1 cm³/mol. The molecule has 0 spiro atoms. The minimum Gasteiger partial charge on any atom is -0.118 e. The Morgan fingerprint density at radius 3 is 2.50 bits per heavy atom. The Bertz CT molecular complexity index is 206. The summed E-state index contributed by atoms with van der Waals surface area (Å²) in [6.07, 6.45) is 2.46. The van der Waals surface area contributed by atoms with Gasteiger partial charge >= 0.3 is 0 Å². The van der Waals surface area contributed by atoms with Crippen molar-refractivity contribution in [3.8, 4) is 0 Å². The molecule has 0 aliphatic heterocycles. The van der Waals surface area contributed by atoms with Gasteiger partial charge in [-0.05, 0) is 25.5 Å². The van der Waals surface area contributed by atoms with Gasteiger partial charge in [0.25, 0.3) is 0 Å². The highest BCUT2D eigenvalue weighted by atomic mass is 32.2. The number of rotatable bonds is 4. The minimum atomic E-state index is 1.22. The highest BCUT2D eigenvalue weighted by molar-refractivity contribution is 8.02. The van der Waals surface area contributed by atoms with E-state index >= 15 is 0 Å². The summed E-state index contributed by atoms with van der Waals surface area (Å²) in [6, 6.07) is 10.5. The number of benzene rings is 1. The topological polar surface area (TPSA) is 0 Å². The van der Waals surface area contributed by atoms with E-state index in [1.54, 1.807) is 0 Å². The second-order valence-electron chi connectivity index (χ2n) is 2.87. The van der Waals surface area contributed by atoms with Gasteiger partial charge in [0.2, 0.25) is 0 Å². The zero-order chi connectivity index (χ0) is 8.81. The van der Waals surface area contributed by atoms with Gasteiger partial charge in [0.1, 0.15) is 0 Å². The van der Waals surface area contributed by atoms with E-state index in [1.165, 1.54) is 23.0 Å². The zero-order valence-corrected chi connectivity index (χ0v) is 8.53. The molecule has 0 aliphatic rings. The Hall–Kier alpha value is -0.430. The molecule has 0 N–H and O–H groups in total. The first-order valence-corrected chi connectivity index (χ1v) is 5.20. The average Bonchev–Trinajstić information content (AvgIpc) is 2.06. The predicted octanol–water partition coefficient (Wildman–Crippen LogP) is 4.13. The van der Waals surface area contributed by atoms with Crippen LogP contribution in [0.5, 0.6) is 0 Å². The van der Waals surface area contributed by atoms with E-state index < -0.39 is 0 Å². The van der Waals surface area contributed by atoms with Gasteiger partial charge in [0.05, 0.1) is 0 Å². The van der Waals surface area contributed by atoms with Crippen LogP contribution in [0.2, 0.25) is 0 Å². The Morgan fingerprint density at radius 2 is 1.92 bits per heavy atom. The van der Waals surface area contributed by atoms with Gasteiger partial charge in [-0.25, -0.2) is 0 Å². The van der Waals surface area contributed by atoms with Crippen LogP contribution >= 0.6 is 11.8 Å². The number of thioether (sulfide) groups is 1. The molecule has 0 aliphatic carbocycles. The fraction of sp³-hybridized carbons (Fsp3) is 0.364. The van der Waals surface area contributed by atoms with Crippen molar-refractivity contribution in [3.63, 3.8) is 0 Å². The van der Waals surface area contributed by atoms with Crippen LogP contribution < -0.4 is 0 Å². The van der Waals surface area contributed by atoms with Crippen LogP contribution in [0.15, 0.2) is 35.2 Å². The van der Waals surface area contributed by atoms with Crippen molar-refractivity contribution in [1.82, 2.24) is 0 Å². The van der Waals surface area contributed by atoms with Crippen LogP contribution in [0.25, 0.3) is 0 Å². The van der Waals surface area contributed by atoms with Crippen molar-refractivity contribution in [1.29, 1.82) is 0 Å². The molecule has 0 bridgehead atoms. The Morgan fingerprint density at radius 1 is 1.25 bits per heavy atom. The molecule has 0 saturated carbocycles. The first kappa shape index (κ1) is 9.66. The van der Waals surface area contributed by atoms with Crippen LogP contribution in [0.1, 0.15) is 26.7 Å². The quantitative estimate of drug-likeness (QED) is 0.626. The first-order valence-electron chi connectivity index (χ1n) is 4.38. The monoisotopic (exact) mass is 179 g/mol. The van der Waals surface area contributed by atoms with E-state index in [2.05, 4.69) is 44.2 Å². The third-order valence-corrected chi connectivity index (χ3v) is 2.70. The maximum atomic E-state index is 2.22. The van der Waals surface area contributed by atoms with Gasteiger partial charge in [0.15, 0.2) is 0 Å². The van der Waals surface area contributed by atoms with Gasteiger partial charge in [-0.2, -0.15) is 0 Å². The summed E-state index contributed by atoms with van der Waals surface area (Å²) < 4.78 is 0. The van der Waals surface area contributed by atoms with Crippen molar-refractivity contribution in [3.05, 3.63) is 35.6 Å². The molecule has 12 heavy (non-hydrogen) atoms. The molecule has 0 saturated heterocycles. The first-order chi connectivity index (χ1) is 5.83. The van der Waals surface area contributed by atoms with Crippen molar-refractivity contribution in [2.24, 2.45) is 0 Å². The molecule has 0 aromatic heterocycles. The van der Waals surface area contributed by atoms with Gasteiger partial charge in [-0.1, -0.05) is 31.5 Å². The lowest BCUT2D eigenvalue weighted by Gasteiger charge is -2.07. The molecule has 0 nitrogen and oxygen atoms in total. The lowest BCUT2D eigenvalue weighted by molar-refractivity contribution is 0.879. The second kappa shape index (κ2) is 5.26. The van der Waals surface area contributed by atoms with E-state index in [4.69, 9.17) is 0 Å². The minimum absolute atomic E-state index is 1.22. The number of hydrogen-bond acceptors (Lipinski definition) is 1. The standard InChI is InChI=1S/C11H15S/c1-3-7-10(2)12-11-8-5-4-6-9-11/h4-6,8-9H,3,7H2,1-2H3. The van der Waals surface area contributed by atoms with E-state index in [0.717, 1.165) is 0 Å². The summed E-state index contributed by atoms with van der Waals surface area (Å²) in [5.41, 5.74) is 0. The molecule has 0 fully saturated rings. The smallest absolute Gasteiger partial charge is 0.0326 e. The highest BCUT2D eigenvalue weighted by Crippen LogP contribution is 2.30. The molecule has 0 atom stereocenters. The molecule has 1 aromatic carbocycles. The lowest BCUT2D eigenvalue weighted by Crippen LogP contribution is -1.83.